The number of aromatic nitrogens is 3. The third kappa shape index (κ3) is 3.51. The summed E-state index contributed by atoms with van der Waals surface area (Å²) in [6.07, 6.45) is 1.99. The van der Waals surface area contributed by atoms with Crippen LogP contribution in [-0.2, 0) is 5.41 Å². The van der Waals surface area contributed by atoms with Crippen LogP contribution in [0.3, 0.4) is 0 Å². The minimum atomic E-state index is -0.106. The van der Waals surface area contributed by atoms with Gasteiger partial charge in [-0.2, -0.15) is 0 Å². The Morgan fingerprint density at radius 1 is 0.524 bits per heavy atom. The van der Waals surface area contributed by atoms with Gasteiger partial charge in [0.2, 0.25) is 0 Å². The van der Waals surface area contributed by atoms with Gasteiger partial charge in [0.1, 0.15) is 11.2 Å². The third-order valence-corrected chi connectivity index (χ3v) is 9.04. The summed E-state index contributed by atoms with van der Waals surface area (Å²) in [6, 6.07) is 39.8. The molecule has 0 amide bonds. The van der Waals surface area contributed by atoms with Crippen LogP contribution in [0, 0.1) is 0 Å². The molecule has 0 radical (unpaired) electrons. The Morgan fingerprint density at radius 3 is 1.79 bits per heavy atom. The van der Waals surface area contributed by atoms with Crippen LogP contribution < -0.4 is 0 Å². The molecule has 4 heteroatoms. The van der Waals surface area contributed by atoms with E-state index in [1.54, 1.807) is 0 Å². The Morgan fingerprint density at radius 2 is 1.12 bits per heavy atom. The molecule has 0 aliphatic heterocycles. The van der Waals surface area contributed by atoms with Crippen molar-refractivity contribution in [2.24, 2.45) is 0 Å². The topological polar surface area (TPSA) is 51.8 Å². The van der Waals surface area contributed by atoms with E-state index in [9.17, 15) is 0 Å². The van der Waals surface area contributed by atoms with Crippen molar-refractivity contribution in [2.45, 2.75) is 32.1 Å². The average Bonchev–Trinajstić information content (AvgIpc) is 3.58. The van der Waals surface area contributed by atoms with Crippen LogP contribution in [-0.4, -0.2) is 15.0 Å². The van der Waals surface area contributed by atoms with Gasteiger partial charge in [-0.05, 0) is 47.2 Å². The number of para-hydroxylation sites is 1. The predicted octanol–water partition coefficient (Wildman–Crippen LogP) is 9.86. The normalized spacial score (nSPS) is 13.4. The summed E-state index contributed by atoms with van der Waals surface area (Å²) in [7, 11) is 0. The van der Waals surface area contributed by atoms with Gasteiger partial charge < -0.3 is 4.42 Å². The van der Waals surface area contributed by atoms with Crippen LogP contribution >= 0.6 is 0 Å². The van der Waals surface area contributed by atoms with Crippen molar-refractivity contribution >= 4 is 21.9 Å². The Bertz CT molecular complexity index is 2050. The number of hydrogen-bond donors (Lipinski definition) is 0. The highest BCUT2D eigenvalue weighted by Crippen LogP contribution is 2.58. The lowest BCUT2D eigenvalue weighted by Gasteiger charge is -2.29. The molecule has 0 spiro atoms. The summed E-state index contributed by atoms with van der Waals surface area (Å²) in [5.41, 5.74) is 9.80. The number of hydrogen-bond acceptors (Lipinski definition) is 4. The summed E-state index contributed by atoms with van der Waals surface area (Å²) in [5.74, 6) is 2.01. The number of fused-ring (bicyclic) bond motifs is 7. The SMILES string of the molecule is CCC1(CC)c2cccc(-c3nc(-c4ccccc4)nc(-c4ccccc4)n3)c2-c2c1ccc1oc3ccccc3c21. The molecular weight excluding hydrogens is 514 g/mol. The molecule has 0 fully saturated rings. The van der Waals surface area contributed by atoms with Gasteiger partial charge in [-0.25, -0.2) is 15.0 Å². The Hall–Kier alpha value is -5.09. The number of nitrogens with zero attached hydrogens (tertiary/aromatic N) is 3. The molecule has 4 nitrogen and oxygen atoms in total. The first-order valence-corrected chi connectivity index (χ1v) is 14.7. The smallest absolute Gasteiger partial charge is 0.164 e. The fourth-order valence-corrected chi connectivity index (χ4v) is 6.97. The van der Waals surface area contributed by atoms with Gasteiger partial charge in [-0.3, -0.25) is 0 Å². The molecule has 0 N–H and O–H groups in total. The lowest BCUT2D eigenvalue weighted by atomic mass is 9.73. The summed E-state index contributed by atoms with van der Waals surface area (Å²) in [4.78, 5) is 15.2. The van der Waals surface area contributed by atoms with Crippen molar-refractivity contribution in [2.75, 3.05) is 0 Å². The zero-order chi connectivity index (χ0) is 28.3. The van der Waals surface area contributed by atoms with Crippen LogP contribution in [0.2, 0.25) is 0 Å². The van der Waals surface area contributed by atoms with Crippen molar-refractivity contribution in [1.29, 1.82) is 0 Å². The Kier molecular flexibility index (Phi) is 5.58. The molecule has 202 valence electrons. The Balaban J connectivity index is 1.48. The molecular formula is C38H29N3O. The molecule has 1 aliphatic rings. The highest BCUT2D eigenvalue weighted by atomic mass is 16.3. The number of furan rings is 1. The van der Waals surface area contributed by atoms with Gasteiger partial charge in [-0.15, -0.1) is 0 Å². The molecule has 0 saturated carbocycles. The predicted molar refractivity (Wildman–Crippen MR) is 170 cm³/mol. The molecule has 0 atom stereocenters. The van der Waals surface area contributed by atoms with Gasteiger partial charge in [-0.1, -0.05) is 117 Å². The summed E-state index contributed by atoms with van der Waals surface area (Å²) in [6.45, 7) is 4.60. The summed E-state index contributed by atoms with van der Waals surface area (Å²) in [5, 5.41) is 2.31. The van der Waals surface area contributed by atoms with Crippen molar-refractivity contribution in [3.63, 3.8) is 0 Å². The van der Waals surface area contributed by atoms with Crippen LogP contribution in [0.15, 0.2) is 120 Å². The maximum absolute atomic E-state index is 6.39. The molecule has 7 aromatic rings. The van der Waals surface area contributed by atoms with Gasteiger partial charge >= 0.3 is 0 Å². The molecule has 5 aromatic carbocycles. The van der Waals surface area contributed by atoms with E-state index in [0.29, 0.717) is 17.5 Å². The number of rotatable bonds is 5. The second-order valence-electron chi connectivity index (χ2n) is 11.0. The zero-order valence-corrected chi connectivity index (χ0v) is 23.6. The van der Waals surface area contributed by atoms with Gasteiger partial charge in [0.05, 0.1) is 0 Å². The van der Waals surface area contributed by atoms with Crippen molar-refractivity contribution in [3.05, 3.63) is 126 Å². The highest BCUT2D eigenvalue weighted by molar-refractivity contribution is 6.16. The van der Waals surface area contributed by atoms with E-state index < -0.39 is 0 Å². The van der Waals surface area contributed by atoms with Crippen LogP contribution in [0.1, 0.15) is 37.8 Å². The molecule has 0 unspecified atom stereocenters. The first-order valence-electron chi connectivity index (χ1n) is 14.7. The molecule has 0 saturated heterocycles. The molecule has 0 bridgehead atoms. The molecule has 8 rings (SSSR count). The largest absolute Gasteiger partial charge is 0.456 e. The minimum absolute atomic E-state index is 0.106. The van der Waals surface area contributed by atoms with E-state index in [4.69, 9.17) is 19.4 Å². The quantitative estimate of drug-likeness (QED) is 0.217. The molecule has 42 heavy (non-hydrogen) atoms. The first-order chi connectivity index (χ1) is 20.7. The van der Waals surface area contributed by atoms with Crippen molar-refractivity contribution < 1.29 is 4.42 Å². The average molecular weight is 544 g/mol. The van der Waals surface area contributed by atoms with E-state index in [2.05, 4.69) is 86.6 Å². The molecule has 2 aromatic heterocycles. The van der Waals surface area contributed by atoms with E-state index in [1.165, 1.54) is 27.6 Å². The van der Waals surface area contributed by atoms with Gasteiger partial charge in [0, 0.05) is 32.9 Å². The van der Waals surface area contributed by atoms with Gasteiger partial charge in [0.25, 0.3) is 0 Å². The lowest BCUT2D eigenvalue weighted by molar-refractivity contribution is 0.490. The second-order valence-corrected chi connectivity index (χ2v) is 11.0. The number of benzene rings is 5. The van der Waals surface area contributed by atoms with E-state index in [0.717, 1.165) is 46.1 Å². The highest BCUT2D eigenvalue weighted by Gasteiger charge is 2.43. The van der Waals surface area contributed by atoms with E-state index in [-0.39, 0.29) is 5.41 Å². The monoisotopic (exact) mass is 543 g/mol. The molecule has 2 heterocycles. The van der Waals surface area contributed by atoms with E-state index >= 15 is 0 Å². The second kappa shape index (κ2) is 9.49. The Labute approximate surface area is 244 Å². The fraction of sp³-hybridized carbons (Fsp3) is 0.132. The lowest BCUT2D eigenvalue weighted by Crippen LogP contribution is -2.23. The van der Waals surface area contributed by atoms with E-state index in [1.807, 2.05) is 42.5 Å². The van der Waals surface area contributed by atoms with Gasteiger partial charge in [0.15, 0.2) is 17.5 Å². The summed E-state index contributed by atoms with van der Waals surface area (Å²) >= 11 is 0. The van der Waals surface area contributed by atoms with Crippen molar-refractivity contribution in [1.82, 2.24) is 15.0 Å². The fourth-order valence-electron chi connectivity index (χ4n) is 6.97. The first kappa shape index (κ1) is 24.7. The zero-order valence-electron chi connectivity index (χ0n) is 23.6. The maximum atomic E-state index is 6.39. The standard InChI is InChI=1S/C38H29N3O/c1-3-38(4-2)28-20-13-19-27(32(28)34-29(38)22-23-31-33(34)26-18-11-12-21-30(26)42-31)37-40-35(24-14-7-5-8-15-24)39-36(41-37)25-16-9-6-10-17-25/h5-23H,3-4H2,1-2H3. The van der Waals surface area contributed by atoms with Crippen molar-refractivity contribution in [3.8, 4) is 45.3 Å². The van der Waals surface area contributed by atoms with Crippen LogP contribution in [0.5, 0.6) is 0 Å². The minimum Gasteiger partial charge on any atom is -0.456 e. The molecule has 1 aliphatic carbocycles. The van der Waals surface area contributed by atoms with Crippen LogP contribution in [0.4, 0.5) is 0 Å². The van der Waals surface area contributed by atoms with Crippen LogP contribution in [0.25, 0.3) is 67.2 Å². The third-order valence-electron chi connectivity index (χ3n) is 9.04. The maximum Gasteiger partial charge on any atom is 0.164 e. The summed E-state index contributed by atoms with van der Waals surface area (Å²) < 4.78 is 6.39.